The molecule has 4 heterocycles. The Morgan fingerprint density at radius 1 is 0.896 bits per heavy atom. The van der Waals surface area contributed by atoms with Crippen molar-refractivity contribution in [1.82, 2.24) is 35.0 Å². The highest BCUT2D eigenvalue weighted by Gasteiger charge is 2.19. The number of H-pyrrole nitrogens is 2. The largest absolute Gasteiger partial charge is 0.384 e. The number of benzene rings is 3. The van der Waals surface area contributed by atoms with Crippen molar-refractivity contribution in [3.05, 3.63) is 109 Å². The second kappa shape index (κ2) is 13.0. The summed E-state index contributed by atoms with van der Waals surface area (Å²) < 4.78 is 30.2. The van der Waals surface area contributed by atoms with Crippen LogP contribution in [0, 0.1) is 11.6 Å². The molecule has 7 aromatic rings. The molecular formula is C36H31F2N9O. The Bertz CT molecular complexity index is 2260. The fourth-order valence-electron chi connectivity index (χ4n) is 5.59. The monoisotopic (exact) mass is 643 g/mol. The third-order valence-corrected chi connectivity index (χ3v) is 7.88. The molecule has 0 aliphatic rings. The number of hydrogen-bond donors (Lipinski definition) is 4. The summed E-state index contributed by atoms with van der Waals surface area (Å²) in [4.78, 5) is 31.6. The molecule has 48 heavy (non-hydrogen) atoms. The molecule has 240 valence electrons. The van der Waals surface area contributed by atoms with Gasteiger partial charge in [-0.05, 0) is 56.1 Å². The molecule has 0 aliphatic carbocycles. The van der Waals surface area contributed by atoms with Crippen LogP contribution in [0.3, 0.4) is 0 Å². The lowest BCUT2D eigenvalue weighted by atomic mass is 10.0. The number of amides is 1. The fourth-order valence-corrected chi connectivity index (χ4v) is 5.59. The van der Waals surface area contributed by atoms with Crippen LogP contribution in [0.15, 0.2) is 91.4 Å². The number of fused-ring (bicyclic) bond motifs is 2. The van der Waals surface area contributed by atoms with Crippen molar-refractivity contribution in [2.45, 2.75) is 6.42 Å². The van der Waals surface area contributed by atoms with Gasteiger partial charge in [-0.3, -0.25) is 19.9 Å². The lowest BCUT2D eigenvalue weighted by Crippen LogP contribution is -2.20. The number of carbonyl (C=O) groups excluding carboxylic acids is 1. The summed E-state index contributed by atoms with van der Waals surface area (Å²) in [7, 11) is 3.95. The lowest BCUT2D eigenvalue weighted by Gasteiger charge is -2.12. The van der Waals surface area contributed by atoms with Gasteiger partial charge in [-0.25, -0.2) is 13.8 Å². The fraction of sp³-hybridized carbons (Fsp3) is 0.139. The van der Waals surface area contributed by atoms with Crippen molar-refractivity contribution < 1.29 is 13.6 Å². The molecule has 0 radical (unpaired) electrons. The maximum absolute atomic E-state index is 15.5. The van der Waals surface area contributed by atoms with Gasteiger partial charge in [0, 0.05) is 59.3 Å². The van der Waals surface area contributed by atoms with E-state index in [9.17, 15) is 9.18 Å². The Labute approximate surface area is 274 Å². The molecule has 0 aliphatic heterocycles. The Morgan fingerprint density at radius 3 is 2.56 bits per heavy atom. The summed E-state index contributed by atoms with van der Waals surface area (Å²) in [5, 5.41) is 14.1. The van der Waals surface area contributed by atoms with Crippen LogP contribution in [0.2, 0.25) is 0 Å². The molecule has 0 saturated heterocycles. The number of likely N-dealkylation sites (N-methyl/N-ethyl adjacent to an activating group) is 1. The van der Waals surface area contributed by atoms with Gasteiger partial charge in [-0.15, -0.1) is 0 Å². The molecule has 4 N–H and O–H groups in total. The van der Waals surface area contributed by atoms with E-state index in [1.54, 1.807) is 30.6 Å². The van der Waals surface area contributed by atoms with E-state index in [4.69, 9.17) is 4.98 Å². The molecule has 0 saturated carbocycles. The van der Waals surface area contributed by atoms with Crippen molar-refractivity contribution in [2.75, 3.05) is 37.8 Å². The van der Waals surface area contributed by atoms with Gasteiger partial charge >= 0.3 is 0 Å². The standard InChI is InChI=1S/C36H31F2N9O/c1-47(2)11-10-40-25-14-22(13-24(37)16-25)33-35-30(8-9-41-33)43-36(44-35)34-28-17-27(29(38)18-31(28)45-46-34)23-15-26(20-39-19-23)42-32(48)12-21-6-4-3-5-7-21/h3-9,13-20,40H,10-12H2,1-2H3,(H,42,48)(H,43,44)(H,45,46). The number of halogens is 2. The predicted octanol–water partition coefficient (Wildman–Crippen LogP) is 6.66. The number of nitrogens with one attached hydrogen (secondary N) is 4. The van der Waals surface area contributed by atoms with Crippen molar-refractivity contribution in [1.29, 1.82) is 0 Å². The Morgan fingerprint density at radius 2 is 1.73 bits per heavy atom. The SMILES string of the molecule is CN(C)CCNc1cc(F)cc(-c2nccc3[nH]c(-c4n[nH]c5cc(F)c(-c6cncc(NC(=O)Cc7ccccc7)c6)cc45)nc23)c1. The Kier molecular flexibility index (Phi) is 8.30. The Balaban J connectivity index is 1.20. The first kappa shape index (κ1) is 30.6. The van der Waals surface area contributed by atoms with E-state index in [1.165, 1.54) is 24.4 Å². The zero-order valence-electron chi connectivity index (χ0n) is 26.2. The van der Waals surface area contributed by atoms with Gasteiger partial charge in [-0.1, -0.05) is 30.3 Å². The number of anilines is 2. The van der Waals surface area contributed by atoms with Gasteiger partial charge in [0.2, 0.25) is 5.91 Å². The van der Waals surface area contributed by atoms with Crippen LogP contribution in [0.1, 0.15) is 5.56 Å². The van der Waals surface area contributed by atoms with Crippen LogP contribution < -0.4 is 10.6 Å². The van der Waals surface area contributed by atoms with E-state index in [-0.39, 0.29) is 17.9 Å². The van der Waals surface area contributed by atoms with Gasteiger partial charge < -0.3 is 20.5 Å². The maximum atomic E-state index is 15.5. The van der Waals surface area contributed by atoms with Gasteiger partial charge in [-0.2, -0.15) is 5.10 Å². The molecule has 10 nitrogen and oxygen atoms in total. The number of nitrogens with zero attached hydrogens (tertiary/aromatic N) is 5. The van der Waals surface area contributed by atoms with Crippen LogP contribution in [0.25, 0.3) is 55.8 Å². The molecule has 0 spiro atoms. The smallest absolute Gasteiger partial charge is 0.228 e. The molecular weight excluding hydrogens is 612 g/mol. The first-order chi connectivity index (χ1) is 23.3. The summed E-state index contributed by atoms with van der Waals surface area (Å²) in [5.41, 5.74) is 5.99. The molecule has 0 unspecified atom stereocenters. The summed E-state index contributed by atoms with van der Waals surface area (Å²) in [6.45, 7) is 1.44. The van der Waals surface area contributed by atoms with Crippen LogP contribution in [-0.2, 0) is 11.2 Å². The van der Waals surface area contributed by atoms with E-state index < -0.39 is 11.6 Å². The highest BCUT2D eigenvalue weighted by molar-refractivity contribution is 5.98. The minimum atomic E-state index is -0.482. The minimum absolute atomic E-state index is 0.201. The van der Waals surface area contributed by atoms with E-state index in [0.717, 1.165) is 12.1 Å². The van der Waals surface area contributed by atoms with Gasteiger partial charge in [0.15, 0.2) is 5.82 Å². The molecule has 7 rings (SSSR count). The Hall–Kier alpha value is -6.01. The number of aromatic amines is 2. The van der Waals surface area contributed by atoms with Gasteiger partial charge in [0.1, 0.15) is 22.8 Å². The van der Waals surface area contributed by atoms with E-state index >= 15 is 4.39 Å². The van der Waals surface area contributed by atoms with Crippen LogP contribution in [0.5, 0.6) is 0 Å². The topological polar surface area (TPSA) is 128 Å². The third kappa shape index (κ3) is 6.46. The molecule has 0 bridgehead atoms. The predicted molar refractivity (Wildman–Crippen MR) is 183 cm³/mol. The highest BCUT2D eigenvalue weighted by Crippen LogP contribution is 2.35. The number of rotatable bonds is 10. The zero-order chi connectivity index (χ0) is 33.2. The number of imidazole rings is 1. The first-order valence-corrected chi connectivity index (χ1v) is 15.3. The summed E-state index contributed by atoms with van der Waals surface area (Å²) in [6, 6.07) is 20.6. The highest BCUT2D eigenvalue weighted by atomic mass is 19.1. The average Bonchev–Trinajstić information content (AvgIpc) is 3.68. The third-order valence-electron chi connectivity index (χ3n) is 7.88. The number of aromatic nitrogens is 6. The quantitative estimate of drug-likeness (QED) is 0.131. The van der Waals surface area contributed by atoms with Crippen molar-refractivity contribution in [2.24, 2.45) is 0 Å². The van der Waals surface area contributed by atoms with E-state index in [1.807, 2.05) is 55.4 Å². The number of carbonyl (C=O) groups is 1. The molecule has 12 heteroatoms. The second-order valence-corrected chi connectivity index (χ2v) is 11.7. The molecule has 1 amide bonds. The number of pyridine rings is 2. The maximum Gasteiger partial charge on any atom is 0.228 e. The van der Waals surface area contributed by atoms with Gasteiger partial charge in [0.05, 0.1) is 35.0 Å². The second-order valence-electron chi connectivity index (χ2n) is 11.7. The molecule has 0 atom stereocenters. The van der Waals surface area contributed by atoms with Gasteiger partial charge in [0.25, 0.3) is 0 Å². The van der Waals surface area contributed by atoms with E-state index in [0.29, 0.717) is 68.2 Å². The van der Waals surface area contributed by atoms with Crippen molar-refractivity contribution in [3.8, 4) is 33.9 Å². The first-order valence-electron chi connectivity index (χ1n) is 15.3. The van der Waals surface area contributed by atoms with Crippen LogP contribution in [-0.4, -0.2) is 68.1 Å². The van der Waals surface area contributed by atoms with Crippen molar-refractivity contribution >= 4 is 39.2 Å². The van der Waals surface area contributed by atoms with Crippen LogP contribution in [0.4, 0.5) is 20.2 Å². The summed E-state index contributed by atoms with van der Waals surface area (Å²) >= 11 is 0. The lowest BCUT2D eigenvalue weighted by molar-refractivity contribution is -0.115. The average molecular weight is 644 g/mol. The molecule has 3 aromatic carbocycles. The van der Waals surface area contributed by atoms with Crippen molar-refractivity contribution in [3.63, 3.8) is 0 Å². The van der Waals surface area contributed by atoms with Crippen LogP contribution >= 0.6 is 0 Å². The van der Waals surface area contributed by atoms with E-state index in [2.05, 4.69) is 35.8 Å². The summed E-state index contributed by atoms with van der Waals surface area (Å²) in [6.07, 6.45) is 4.90. The molecule has 4 aromatic heterocycles. The zero-order valence-corrected chi connectivity index (χ0v) is 26.2. The molecule has 0 fully saturated rings. The normalized spacial score (nSPS) is 11.4. The number of hydrogen-bond acceptors (Lipinski definition) is 7. The summed E-state index contributed by atoms with van der Waals surface area (Å²) in [5.74, 6) is -0.646. The minimum Gasteiger partial charge on any atom is -0.384 e.